The number of rotatable bonds is 4. The molecule has 2 rings (SSSR count). The number of benzene rings is 1. The van der Waals surface area contributed by atoms with Crippen LogP contribution in [0.1, 0.15) is 34.1 Å². The quantitative estimate of drug-likeness (QED) is 0.563. The summed E-state index contributed by atoms with van der Waals surface area (Å²) in [6.45, 7) is 6.37. The van der Waals surface area contributed by atoms with Crippen molar-refractivity contribution in [3.63, 3.8) is 0 Å². The van der Waals surface area contributed by atoms with Gasteiger partial charge in [-0.2, -0.15) is 5.10 Å². The highest BCUT2D eigenvalue weighted by atomic mass is 15.3. The number of hydrogen-bond donors (Lipinski definition) is 3. The SMILES string of the molecule is Cc1cc(C)c(CC(NN)c2ncn[nH]2)c(C)c1. The van der Waals surface area contributed by atoms with Crippen molar-refractivity contribution in [1.29, 1.82) is 0 Å². The van der Waals surface area contributed by atoms with Crippen molar-refractivity contribution < 1.29 is 0 Å². The maximum absolute atomic E-state index is 5.60. The standard InChI is InChI=1S/C13H19N5/c1-8-4-9(2)11(10(3)5-8)6-12(17-14)13-15-7-16-18-13/h4-5,7,12,17H,6,14H2,1-3H3,(H,15,16,18). The summed E-state index contributed by atoms with van der Waals surface area (Å²) >= 11 is 0. The van der Waals surface area contributed by atoms with Gasteiger partial charge in [-0.05, 0) is 43.9 Å². The van der Waals surface area contributed by atoms with E-state index in [2.05, 4.69) is 53.5 Å². The van der Waals surface area contributed by atoms with Crippen LogP contribution in [0.2, 0.25) is 0 Å². The minimum atomic E-state index is -0.0485. The number of hydrogen-bond acceptors (Lipinski definition) is 4. The molecule has 2 aromatic rings. The van der Waals surface area contributed by atoms with Crippen LogP contribution in [0.3, 0.4) is 0 Å². The lowest BCUT2D eigenvalue weighted by Gasteiger charge is -2.17. The molecule has 1 atom stereocenters. The molecule has 4 N–H and O–H groups in total. The lowest BCUT2D eigenvalue weighted by molar-refractivity contribution is 0.522. The van der Waals surface area contributed by atoms with E-state index in [0.29, 0.717) is 0 Å². The van der Waals surface area contributed by atoms with Gasteiger partial charge in [-0.25, -0.2) is 10.4 Å². The molecule has 0 amide bonds. The molecule has 5 heteroatoms. The van der Waals surface area contributed by atoms with Crippen LogP contribution >= 0.6 is 0 Å². The van der Waals surface area contributed by atoms with E-state index in [1.807, 2.05) is 0 Å². The molecule has 0 aliphatic rings. The van der Waals surface area contributed by atoms with Crippen LogP contribution in [0.5, 0.6) is 0 Å². The molecular formula is C13H19N5. The normalized spacial score (nSPS) is 12.7. The molecule has 0 saturated carbocycles. The highest BCUT2D eigenvalue weighted by Gasteiger charge is 2.16. The fourth-order valence-electron chi connectivity index (χ4n) is 2.35. The lowest BCUT2D eigenvalue weighted by atomic mass is 9.94. The van der Waals surface area contributed by atoms with Gasteiger partial charge in [0.2, 0.25) is 0 Å². The zero-order valence-corrected chi connectivity index (χ0v) is 11.0. The van der Waals surface area contributed by atoms with Gasteiger partial charge >= 0.3 is 0 Å². The highest BCUT2D eigenvalue weighted by Crippen LogP contribution is 2.22. The van der Waals surface area contributed by atoms with Crippen LogP contribution in [0, 0.1) is 20.8 Å². The van der Waals surface area contributed by atoms with E-state index < -0.39 is 0 Å². The molecule has 5 nitrogen and oxygen atoms in total. The highest BCUT2D eigenvalue weighted by molar-refractivity contribution is 5.38. The zero-order chi connectivity index (χ0) is 13.1. The van der Waals surface area contributed by atoms with Crippen molar-refractivity contribution in [3.8, 4) is 0 Å². The Kier molecular flexibility index (Phi) is 3.74. The van der Waals surface area contributed by atoms with Crippen molar-refractivity contribution >= 4 is 0 Å². The predicted octanol–water partition coefficient (Wildman–Crippen LogP) is 1.48. The van der Waals surface area contributed by atoms with Gasteiger partial charge in [0.05, 0.1) is 6.04 Å². The number of aromatic amines is 1. The molecule has 0 aliphatic heterocycles. The first kappa shape index (κ1) is 12.7. The lowest BCUT2D eigenvalue weighted by Crippen LogP contribution is -2.30. The van der Waals surface area contributed by atoms with Crippen LogP contribution in [-0.4, -0.2) is 15.2 Å². The fraction of sp³-hybridized carbons (Fsp3) is 0.385. The van der Waals surface area contributed by atoms with Crippen molar-refractivity contribution in [2.24, 2.45) is 5.84 Å². The van der Waals surface area contributed by atoms with Gasteiger partial charge in [0.15, 0.2) is 0 Å². The third kappa shape index (κ3) is 2.57. The van der Waals surface area contributed by atoms with Gasteiger partial charge < -0.3 is 0 Å². The molecule has 0 bridgehead atoms. The Bertz CT molecular complexity index is 495. The largest absolute Gasteiger partial charge is 0.271 e. The second kappa shape index (κ2) is 5.29. The van der Waals surface area contributed by atoms with E-state index in [1.165, 1.54) is 28.6 Å². The zero-order valence-electron chi connectivity index (χ0n) is 11.0. The average Bonchev–Trinajstić information content (AvgIpc) is 2.81. The van der Waals surface area contributed by atoms with Crippen molar-refractivity contribution in [2.75, 3.05) is 0 Å². The molecule has 96 valence electrons. The molecule has 18 heavy (non-hydrogen) atoms. The van der Waals surface area contributed by atoms with Crippen molar-refractivity contribution in [1.82, 2.24) is 20.6 Å². The third-order valence-corrected chi connectivity index (χ3v) is 3.21. The first-order chi connectivity index (χ1) is 8.61. The molecule has 1 heterocycles. The van der Waals surface area contributed by atoms with Crippen LogP contribution in [-0.2, 0) is 6.42 Å². The van der Waals surface area contributed by atoms with E-state index in [-0.39, 0.29) is 6.04 Å². The number of aryl methyl sites for hydroxylation is 3. The van der Waals surface area contributed by atoms with E-state index >= 15 is 0 Å². The van der Waals surface area contributed by atoms with Crippen molar-refractivity contribution in [3.05, 3.63) is 46.5 Å². The topological polar surface area (TPSA) is 79.6 Å². The number of H-pyrrole nitrogens is 1. The Balaban J connectivity index is 2.28. The summed E-state index contributed by atoms with van der Waals surface area (Å²) in [5.41, 5.74) is 7.95. The first-order valence-electron chi connectivity index (χ1n) is 6.00. The van der Waals surface area contributed by atoms with Gasteiger partial charge in [-0.3, -0.25) is 10.9 Å². The molecule has 0 radical (unpaired) electrons. The van der Waals surface area contributed by atoms with Crippen molar-refractivity contribution in [2.45, 2.75) is 33.2 Å². The molecule has 1 aromatic carbocycles. The smallest absolute Gasteiger partial charge is 0.143 e. The summed E-state index contributed by atoms with van der Waals surface area (Å²) in [6.07, 6.45) is 2.29. The van der Waals surface area contributed by atoms with E-state index in [0.717, 1.165) is 12.2 Å². The number of nitrogens with one attached hydrogen (secondary N) is 2. The van der Waals surface area contributed by atoms with Crippen LogP contribution in [0.4, 0.5) is 0 Å². The van der Waals surface area contributed by atoms with Gasteiger partial charge in [-0.1, -0.05) is 17.7 Å². The summed E-state index contributed by atoms with van der Waals surface area (Å²) in [5, 5.41) is 6.72. The minimum absolute atomic E-state index is 0.0485. The maximum atomic E-state index is 5.60. The minimum Gasteiger partial charge on any atom is -0.271 e. The second-order valence-corrected chi connectivity index (χ2v) is 4.67. The van der Waals surface area contributed by atoms with Crippen LogP contribution < -0.4 is 11.3 Å². The predicted molar refractivity (Wildman–Crippen MR) is 70.8 cm³/mol. The second-order valence-electron chi connectivity index (χ2n) is 4.67. The Morgan fingerprint density at radius 1 is 1.28 bits per heavy atom. The van der Waals surface area contributed by atoms with Crippen LogP contribution in [0.15, 0.2) is 18.5 Å². The number of nitrogens with zero attached hydrogens (tertiary/aromatic N) is 2. The van der Waals surface area contributed by atoms with E-state index in [1.54, 1.807) is 0 Å². The summed E-state index contributed by atoms with van der Waals surface area (Å²) in [4.78, 5) is 4.15. The van der Waals surface area contributed by atoms with Gasteiger partial charge in [-0.15, -0.1) is 0 Å². The van der Waals surface area contributed by atoms with Gasteiger partial charge in [0.25, 0.3) is 0 Å². The Hall–Kier alpha value is -1.72. The van der Waals surface area contributed by atoms with E-state index in [9.17, 15) is 0 Å². The third-order valence-electron chi connectivity index (χ3n) is 3.21. The Morgan fingerprint density at radius 3 is 2.44 bits per heavy atom. The first-order valence-corrected chi connectivity index (χ1v) is 6.00. The fourth-order valence-corrected chi connectivity index (χ4v) is 2.35. The summed E-state index contributed by atoms with van der Waals surface area (Å²) < 4.78 is 0. The number of hydrazine groups is 1. The van der Waals surface area contributed by atoms with Gasteiger partial charge in [0, 0.05) is 0 Å². The molecule has 0 saturated heterocycles. The molecule has 0 aliphatic carbocycles. The Labute approximate surface area is 107 Å². The molecule has 1 aromatic heterocycles. The summed E-state index contributed by atoms with van der Waals surface area (Å²) in [6, 6.07) is 4.33. The van der Waals surface area contributed by atoms with E-state index in [4.69, 9.17) is 5.84 Å². The molecular weight excluding hydrogens is 226 g/mol. The maximum Gasteiger partial charge on any atom is 0.143 e. The molecule has 0 spiro atoms. The number of aromatic nitrogens is 3. The van der Waals surface area contributed by atoms with Gasteiger partial charge in [0.1, 0.15) is 12.2 Å². The van der Waals surface area contributed by atoms with Crippen LogP contribution in [0.25, 0.3) is 0 Å². The average molecular weight is 245 g/mol. The summed E-state index contributed by atoms with van der Waals surface area (Å²) in [5.74, 6) is 6.37. The molecule has 1 unspecified atom stereocenters. The monoisotopic (exact) mass is 245 g/mol. The molecule has 0 fully saturated rings. The number of nitrogens with two attached hydrogens (primary N) is 1. The Morgan fingerprint density at radius 2 is 1.94 bits per heavy atom. The summed E-state index contributed by atoms with van der Waals surface area (Å²) in [7, 11) is 0.